The number of ether oxygens (including phenoxy) is 3. The maximum Gasteiger partial charge on any atom is 0.249 e. The van der Waals surface area contributed by atoms with Gasteiger partial charge in [-0.05, 0) is 49.2 Å². The number of piperidine rings is 1. The van der Waals surface area contributed by atoms with Gasteiger partial charge in [0.15, 0.2) is 11.5 Å². The van der Waals surface area contributed by atoms with Crippen LogP contribution in [0.4, 0.5) is 11.4 Å². The van der Waals surface area contributed by atoms with E-state index in [-0.39, 0.29) is 11.9 Å². The van der Waals surface area contributed by atoms with Crippen molar-refractivity contribution in [2.75, 3.05) is 37.1 Å². The van der Waals surface area contributed by atoms with Gasteiger partial charge in [0.05, 0.1) is 26.0 Å². The number of rotatable bonds is 4. The summed E-state index contributed by atoms with van der Waals surface area (Å²) in [6, 6.07) is 13.1. The molecule has 0 saturated carbocycles. The molecule has 0 spiro atoms. The van der Waals surface area contributed by atoms with Crippen molar-refractivity contribution < 1.29 is 19.0 Å². The number of nitrogens with one attached hydrogen (secondary N) is 1. The van der Waals surface area contributed by atoms with Crippen molar-refractivity contribution in [1.82, 2.24) is 0 Å². The van der Waals surface area contributed by atoms with Crippen LogP contribution in [0, 0.1) is 0 Å². The fraction of sp³-hybridized carbons (Fsp3) is 0.381. The normalized spacial score (nSPS) is 19.4. The van der Waals surface area contributed by atoms with E-state index in [0.29, 0.717) is 19.0 Å². The third-order valence-electron chi connectivity index (χ3n) is 4.92. The van der Waals surface area contributed by atoms with Gasteiger partial charge in [0.1, 0.15) is 11.8 Å². The van der Waals surface area contributed by atoms with Crippen molar-refractivity contribution in [3.8, 4) is 17.2 Å². The van der Waals surface area contributed by atoms with Crippen LogP contribution in [-0.2, 0) is 4.79 Å². The Morgan fingerprint density at radius 1 is 1.07 bits per heavy atom. The second-order valence-corrected chi connectivity index (χ2v) is 6.71. The van der Waals surface area contributed by atoms with Crippen LogP contribution in [-0.4, -0.2) is 38.8 Å². The minimum absolute atomic E-state index is 0.0681. The Morgan fingerprint density at radius 2 is 1.89 bits per heavy atom. The molecule has 2 aliphatic rings. The zero-order valence-corrected chi connectivity index (χ0v) is 15.4. The van der Waals surface area contributed by atoms with Crippen LogP contribution < -0.4 is 24.4 Å². The van der Waals surface area contributed by atoms with Gasteiger partial charge in [-0.25, -0.2) is 0 Å². The summed E-state index contributed by atoms with van der Waals surface area (Å²) >= 11 is 0. The molecule has 4 rings (SSSR count). The van der Waals surface area contributed by atoms with E-state index in [2.05, 4.69) is 5.32 Å². The first-order valence-corrected chi connectivity index (χ1v) is 9.37. The van der Waals surface area contributed by atoms with Crippen LogP contribution in [0.25, 0.3) is 0 Å². The van der Waals surface area contributed by atoms with Crippen LogP contribution in [0.3, 0.4) is 0 Å². The molecule has 27 heavy (non-hydrogen) atoms. The van der Waals surface area contributed by atoms with Gasteiger partial charge in [0.2, 0.25) is 5.91 Å². The van der Waals surface area contributed by atoms with E-state index in [0.717, 1.165) is 48.7 Å². The van der Waals surface area contributed by atoms with E-state index < -0.39 is 0 Å². The molecule has 2 heterocycles. The molecule has 0 aliphatic carbocycles. The summed E-state index contributed by atoms with van der Waals surface area (Å²) in [6.07, 6.45) is 2.57. The predicted molar refractivity (Wildman–Crippen MR) is 104 cm³/mol. The van der Waals surface area contributed by atoms with Gasteiger partial charge in [-0.3, -0.25) is 4.79 Å². The van der Waals surface area contributed by atoms with Crippen molar-refractivity contribution in [1.29, 1.82) is 0 Å². The Kier molecular flexibility index (Phi) is 5.05. The molecular formula is C21H24N2O4. The van der Waals surface area contributed by atoms with Gasteiger partial charge < -0.3 is 24.4 Å². The number of para-hydroxylation sites is 1. The van der Waals surface area contributed by atoms with Crippen molar-refractivity contribution in [2.24, 2.45) is 0 Å². The minimum atomic E-state index is -0.292. The van der Waals surface area contributed by atoms with Crippen LogP contribution in [0.15, 0.2) is 42.5 Å². The van der Waals surface area contributed by atoms with Crippen LogP contribution in [0.5, 0.6) is 17.2 Å². The molecular weight excluding hydrogens is 344 g/mol. The molecule has 1 atom stereocenters. The van der Waals surface area contributed by atoms with Crippen LogP contribution in [0.1, 0.15) is 19.3 Å². The summed E-state index contributed by atoms with van der Waals surface area (Å²) in [7, 11) is 1.63. The summed E-state index contributed by atoms with van der Waals surface area (Å²) in [5, 5.41) is 3.39. The molecule has 1 unspecified atom stereocenters. The number of fused-ring (bicyclic) bond motifs is 1. The highest BCUT2D eigenvalue weighted by atomic mass is 16.5. The van der Waals surface area contributed by atoms with E-state index in [9.17, 15) is 4.79 Å². The summed E-state index contributed by atoms with van der Waals surface area (Å²) in [4.78, 5) is 14.9. The Hall–Kier alpha value is -2.89. The molecule has 142 valence electrons. The molecule has 6 heteroatoms. The first-order chi connectivity index (χ1) is 13.3. The maximum absolute atomic E-state index is 13.1. The minimum Gasteiger partial charge on any atom is -0.497 e. The largest absolute Gasteiger partial charge is 0.497 e. The number of carbonyl (C=O) groups is 1. The topological polar surface area (TPSA) is 60.0 Å². The second kappa shape index (κ2) is 7.78. The number of benzene rings is 2. The number of anilines is 2. The fourth-order valence-corrected chi connectivity index (χ4v) is 3.52. The lowest BCUT2D eigenvalue weighted by atomic mass is 10.0. The van der Waals surface area contributed by atoms with E-state index >= 15 is 0 Å². The standard InChI is InChI=1S/C21H24N2O4/c1-25-16-10-8-15(9-11-16)23-12-3-6-18(21(23)24)22-17-5-2-7-19-20(17)27-14-4-13-26-19/h2,5,7-11,18,22H,3-4,6,12-14H2,1H3. The molecule has 1 N–H and O–H groups in total. The third-order valence-corrected chi connectivity index (χ3v) is 4.92. The molecule has 0 radical (unpaired) electrons. The van der Waals surface area contributed by atoms with Crippen molar-refractivity contribution in [3.63, 3.8) is 0 Å². The fourth-order valence-electron chi connectivity index (χ4n) is 3.52. The predicted octanol–water partition coefficient (Wildman–Crippen LogP) is 3.46. The summed E-state index contributed by atoms with van der Waals surface area (Å²) in [5.41, 5.74) is 1.70. The first kappa shape index (κ1) is 17.5. The van der Waals surface area contributed by atoms with Crippen molar-refractivity contribution in [3.05, 3.63) is 42.5 Å². The SMILES string of the molecule is COc1ccc(N2CCCC(Nc3cccc4c3OCCCO4)C2=O)cc1. The number of nitrogens with zero attached hydrogens (tertiary/aromatic N) is 1. The highest BCUT2D eigenvalue weighted by Crippen LogP contribution is 2.38. The molecule has 1 fully saturated rings. The van der Waals surface area contributed by atoms with E-state index in [1.54, 1.807) is 7.11 Å². The molecule has 1 amide bonds. The smallest absolute Gasteiger partial charge is 0.249 e. The van der Waals surface area contributed by atoms with Gasteiger partial charge in [-0.2, -0.15) is 0 Å². The lowest BCUT2D eigenvalue weighted by Gasteiger charge is -2.33. The highest BCUT2D eigenvalue weighted by Gasteiger charge is 2.30. The lowest BCUT2D eigenvalue weighted by molar-refractivity contribution is -0.120. The zero-order valence-electron chi connectivity index (χ0n) is 15.4. The lowest BCUT2D eigenvalue weighted by Crippen LogP contribution is -2.47. The number of methoxy groups -OCH3 is 1. The maximum atomic E-state index is 13.1. The van der Waals surface area contributed by atoms with Crippen LogP contribution >= 0.6 is 0 Å². The van der Waals surface area contributed by atoms with Gasteiger partial charge in [-0.15, -0.1) is 0 Å². The average molecular weight is 368 g/mol. The molecule has 0 bridgehead atoms. The second-order valence-electron chi connectivity index (χ2n) is 6.71. The molecule has 0 aromatic heterocycles. The summed E-state index contributed by atoms with van der Waals surface area (Å²) in [6.45, 7) is 1.97. The van der Waals surface area contributed by atoms with Crippen molar-refractivity contribution in [2.45, 2.75) is 25.3 Å². The number of carbonyl (C=O) groups excluding carboxylic acids is 1. The van der Waals surface area contributed by atoms with E-state index in [4.69, 9.17) is 14.2 Å². The van der Waals surface area contributed by atoms with Crippen molar-refractivity contribution >= 4 is 17.3 Å². The quantitative estimate of drug-likeness (QED) is 0.896. The van der Waals surface area contributed by atoms with E-state index in [1.165, 1.54) is 0 Å². The Labute approximate surface area is 159 Å². The summed E-state index contributed by atoms with van der Waals surface area (Å²) < 4.78 is 16.8. The third kappa shape index (κ3) is 3.65. The van der Waals surface area contributed by atoms with Gasteiger partial charge in [0.25, 0.3) is 0 Å². The number of hydrogen-bond acceptors (Lipinski definition) is 5. The molecule has 6 nitrogen and oxygen atoms in total. The van der Waals surface area contributed by atoms with Gasteiger partial charge in [-0.1, -0.05) is 6.07 Å². The Balaban J connectivity index is 1.53. The number of hydrogen-bond donors (Lipinski definition) is 1. The average Bonchev–Trinajstić information content (AvgIpc) is 2.96. The van der Waals surface area contributed by atoms with Gasteiger partial charge >= 0.3 is 0 Å². The zero-order chi connectivity index (χ0) is 18.6. The highest BCUT2D eigenvalue weighted by molar-refractivity contribution is 5.99. The summed E-state index contributed by atoms with van der Waals surface area (Å²) in [5.74, 6) is 2.28. The molecule has 2 aliphatic heterocycles. The van der Waals surface area contributed by atoms with Gasteiger partial charge in [0, 0.05) is 18.7 Å². The van der Waals surface area contributed by atoms with E-state index in [1.807, 2.05) is 47.4 Å². The monoisotopic (exact) mass is 368 g/mol. The molecule has 2 aromatic carbocycles. The molecule has 1 saturated heterocycles. The molecule has 2 aromatic rings. The van der Waals surface area contributed by atoms with Crippen LogP contribution in [0.2, 0.25) is 0 Å². The Bertz CT molecular complexity index is 806. The Morgan fingerprint density at radius 3 is 2.70 bits per heavy atom. The number of amides is 1. The first-order valence-electron chi connectivity index (χ1n) is 9.37.